The minimum atomic E-state index is -0.383. The Morgan fingerprint density at radius 3 is 2.38 bits per heavy atom. The van der Waals surface area contributed by atoms with Crippen LogP contribution in [0, 0.1) is 5.82 Å². The second-order valence-corrected chi connectivity index (χ2v) is 5.74. The molecule has 1 atom stereocenters. The first-order valence-electron chi connectivity index (χ1n) is 6.92. The van der Waals surface area contributed by atoms with Gasteiger partial charge in [-0.25, -0.2) is 4.39 Å². The van der Waals surface area contributed by atoms with Crippen molar-refractivity contribution in [1.82, 2.24) is 5.32 Å². The highest BCUT2D eigenvalue weighted by Gasteiger charge is 2.08. The van der Waals surface area contributed by atoms with Crippen LogP contribution in [0.2, 0.25) is 5.02 Å². The van der Waals surface area contributed by atoms with Crippen LogP contribution in [0.15, 0.2) is 42.5 Å². The lowest BCUT2D eigenvalue weighted by molar-refractivity contribution is 0.571. The first-order chi connectivity index (χ1) is 9.97. The van der Waals surface area contributed by atoms with Crippen molar-refractivity contribution in [2.75, 3.05) is 19.0 Å². The average Bonchev–Trinajstić information content (AvgIpc) is 2.48. The highest BCUT2D eigenvalue weighted by molar-refractivity contribution is 6.30. The van der Waals surface area contributed by atoms with E-state index in [1.807, 2.05) is 21.0 Å². The van der Waals surface area contributed by atoms with Crippen molar-refractivity contribution in [2.45, 2.75) is 19.5 Å². The summed E-state index contributed by atoms with van der Waals surface area (Å²) in [6, 6.07) is 13.3. The topological polar surface area (TPSA) is 15.3 Å². The monoisotopic (exact) mass is 306 g/mol. The number of hydrogen-bond donors (Lipinski definition) is 1. The number of rotatable bonds is 5. The van der Waals surface area contributed by atoms with Gasteiger partial charge in [-0.05, 0) is 42.3 Å². The smallest absolute Gasteiger partial charge is 0.141 e. The minimum absolute atomic E-state index is 0.108. The van der Waals surface area contributed by atoms with Gasteiger partial charge in [0.25, 0.3) is 0 Å². The van der Waals surface area contributed by atoms with E-state index in [0.717, 1.165) is 12.1 Å². The van der Waals surface area contributed by atoms with Crippen LogP contribution in [0.3, 0.4) is 0 Å². The molecule has 1 N–H and O–H groups in total. The molecule has 112 valence electrons. The number of benzene rings is 2. The van der Waals surface area contributed by atoms with Gasteiger partial charge in [-0.2, -0.15) is 0 Å². The molecule has 0 amide bonds. The van der Waals surface area contributed by atoms with E-state index in [1.165, 1.54) is 17.3 Å². The third kappa shape index (κ3) is 4.19. The van der Waals surface area contributed by atoms with Crippen LogP contribution in [0.1, 0.15) is 24.1 Å². The molecule has 0 bridgehead atoms. The second-order valence-electron chi connectivity index (χ2n) is 5.34. The van der Waals surface area contributed by atoms with Gasteiger partial charge < -0.3 is 10.2 Å². The molecule has 0 spiro atoms. The molecule has 0 saturated carbocycles. The molecule has 21 heavy (non-hydrogen) atoms. The molecule has 2 aromatic carbocycles. The fourth-order valence-corrected chi connectivity index (χ4v) is 2.27. The van der Waals surface area contributed by atoms with Gasteiger partial charge in [0.1, 0.15) is 5.82 Å². The molecule has 2 rings (SSSR count). The lowest BCUT2D eigenvalue weighted by Crippen LogP contribution is -2.18. The summed E-state index contributed by atoms with van der Waals surface area (Å²) < 4.78 is 13.2. The van der Waals surface area contributed by atoms with Crippen LogP contribution in [-0.4, -0.2) is 14.1 Å². The molecule has 2 nitrogen and oxygen atoms in total. The van der Waals surface area contributed by atoms with Crippen LogP contribution in [-0.2, 0) is 6.54 Å². The number of nitrogens with one attached hydrogen (secondary N) is 1. The standard InChI is InChI=1S/C17H20ClFN2/c1-12(14-6-9-17(19)16(18)10-14)20-11-13-4-7-15(8-5-13)21(2)3/h4-10,12,20H,11H2,1-3H3. The molecule has 0 aliphatic rings. The maximum Gasteiger partial charge on any atom is 0.141 e. The lowest BCUT2D eigenvalue weighted by Gasteiger charge is -2.16. The number of nitrogens with zero attached hydrogens (tertiary/aromatic N) is 1. The third-order valence-corrected chi connectivity index (χ3v) is 3.80. The Labute approximate surface area is 130 Å². The van der Waals surface area contributed by atoms with Crippen LogP contribution in [0.5, 0.6) is 0 Å². The predicted molar refractivity (Wildman–Crippen MR) is 87.4 cm³/mol. The summed E-state index contributed by atoms with van der Waals surface area (Å²) in [5.41, 5.74) is 3.36. The fourth-order valence-electron chi connectivity index (χ4n) is 2.08. The fraction of sp³-hybridized carbons (Fsp3) is 0.294. The number of halogens is 2. The van der Waals surface area contributed by atoms with E-state index < -0.39 is 0 Å². The van der Waals surface area contributed by atoms with Crippen LogP contribution >= 0.6 is 11.6 Å². The molecule has 0 radical (unpaired) electrons. The van der Waals surface area contributed by atoms with Crippen molar-refractivity contribution in [3.05, 3.63) is 64.4 Å². The van der Waals surface area contributed by atoms with Gasteiger partial charge in [0.2, 0.25) is 0 Å². The number of hydrogen-bond acceptors (Lipinski definition) is 2. The summed E-state index contributed by atoms with van der Waals surface area (Å²) in [6.07, 6.45) is 0. The van der Waals surface area contributed by atoms with E-state index in [0.29, 0.717) is 0 Å². The summed E-state index contributed by atoms with van der Waals surface area (Å²) in [5, 5.41) is 3.58. The molecular weight excluding hydrogens is 287 g/mol. The van der Waals surface area contributed by atoms with Gasteiger partial charge in [-0.15, -0.1) is 0 Å². The quantitative estimate of drug-likeness (QED) is 0.881. The molecule has 0 aromatic heterocycles. The van der Waals surface area contributed by atoms with Crippen molar-refractivity contribution in [1.29, 1.82) is 0 Å². The molecule has 0 saturated heterocycles. The summed E-state index contributed by atoms with van der Waals surface area (Å²) in [4.78, 5) is 2.07. The summed E-state index contributed by atoms with van der Waals surface area (Å²) in [7, 11) is 4.04. The van der Waals surface area contributed by atoms with Crippen molar-refractivity contribution in [3.63, 3.8) is 0 Å². The van der Waals surface area contributed by atoms with Crippen LogP contribution < -0.4 is 10.2 Å². The molecule has 0 fully saturated rings. The van der Waals surface area contributed by atoms with Gasteiger partial charge in [0.05, 0.1) is 5.02 Å². The number of anilines is 1. The molecule has 2 aromatic rings. The molecule has 1 unspecified atom stereocenters. The predicted octanol–water partition coefficient (Wildman–Crippen LogP) is 4.40. The zero-order chi connectivity index (χ0) is 15.4. The highest BCUT2D eigenvalue weighted by atomic mass is 35.5. The Morgan fingerprint density at radius 1 is 1.14 bits per heavy atom. The van der Waals surface area contributed by atoms with Crippen molar-refractivity contribution >= 4 is 17.3 Å². The lowest BCUT2D eigenvalue weighted by atomic mass is 10.1. The van der Waals surface area contributed by atoms with E-state index in [4.69, 9.17) is 11.6 Å². The first kappa shape index (κ1) is 15.8. The molecule has 0 aliphatic carbocycles. The minimum Gasteiger partial charge on any atom is -0.378 e. The average molecular weight is 307 g/mol. The molecule has 4 heteroatoms. The Bertz CT molecular complexity index is 596. The zero-order valence-corrected chi connectivity index (χ0v) is 13.3. The van der Waals surface area contributed by atoms with Crippen molar-refractivity contribution in [2.24, 2.45) is 0 Å². The van der Waals surface area contributed by atoms with E-state index in [2.05, 4.69) is 34.5 Å². The van der Waals surface area contributed by atoms with E-state index in [1.54, 1.807) is 12.1 Å². The Kier molecular flexibility index (Phi) is 5.21. The molecule has 0 heterocycles. The first-order valence-corrected chi connectivity index (χ1v) is 7.30. The second kappa shape index (κ2) is 6.92. The maximum atomic E-state index is 13.2. The Hall–Kier alpha value is -1.58. The van der Waals surface area contributed by atoms with E-state index in [-0.39, 0.29) is 16.9 Å². The summed E-state index contributed by atoms with van der Waals surface area (Å²) in [6.45, 7) is 2.79. The molecular formula is C17H20ClFN2. The largest absolute Gasteiger partial charge is 0.378 e. The molecule has 0 aliphatic heterocycles. The van der Waals surface area contributed by atoms with Gasteiger partial charge in [-0.1, -0.05) is 29.8 Å². The van der Waals surface area contributed by atoms with Gasteiger partial charge >= 0.3 is 0 Å². The van der Waals surface area contributed by atoms with Gasteiger partial charge in [0, 0.05) is 32.4 Å². The van der Waals surface area contributed by atoms with Crippen molar-refractivity contribution in [3.8, 4) is 0 Å². The van der Waals surface area contributed by atoms with Crippen LogP contribution in [0.4, 0.5) is 10.1 Å². The van der Waals surface area contributed by atoms with Crippen LogP contribution in [0.25, 0.3) is 0 Å². The highest BCUT2D eigenvalue weighted by Crippen LogP contribution is 2.21. The maximum absolute atomic E-state index is 13.2. The SMILES string of the molecule is CC(NCc1ccc(N(C)C)cc1)c1ccc(F)c(Cl)c1. The zero-order valence-electron chi connectivity index (χ0n) is 12.5. The third-order valence-electron chi connectivity index (χ3n) is 3.51. The Morgan fingerprint density at radius 2 is 1.81 bits per heavy atom. The van der Waals surface area contributed by atoms with Gasteiger partial charge in [0.15, 0.2) is 0 Å². The summed E-state index contributed by atoms with van der Waals surface area (Å²) in [5.74, 6) is -0.383. The normalized spacial score (nSPS) is 12.2. The Balaban J connectivity index is 1.97. The van der Waals surface area contributed by atoms with Gasteiger partial charge in [-0.3, -0.25) is 0 Å². The van der Waals surface area contributed by atoms with Crippen molar-refractivity contribution < 1.29 is 4.39 Å². The van der Waals surface area contributed by atoms with E-state index in [9.17, 15) is 4.39 Å². The van der Waals surface area contributed by atoms with E-state index >= 15 is 0 Å². The summed E-state index contributed by atoms with van der Waals surface area (Å²) >= 11 is 5.81.